The maximum atomic E-state index is 6.47. The molecular weight excluding hydrogens is 440 g/mol. The molecule has 0 amide bonds. The molecule has 0 aliphatic carbocycles. The minimum absolute atomic E-state index is 0.470. The van der Waals surface area contributed by atoms with Crippen molar-refractivity contribution in [1.29, 1.82) is 0 Å². The van der Waals surface area contributed by atoms with E-state index in [-0.39, 0.29) is 0 Å². The number of rotatable bonds is 6. The molecule has 0 atom stereocenters. The smallest absolute Gasteiger partial charge is 0.257 e. The molecule has 9 heteroatoms. The molecule has 0 unspecified atom stereocenters. The maximum absolute atomic E-state index is 6.47. The van der Waals surface area contributed by atoms with Crippen LogP contribution in [0.1, 0.15) is 0 Å². The Kier molecular flexibility index (Phi) is 5.90. The van der Waals surface area contributed by atoms with Crippen molar-refractivity contribution in [3.63, 3.8) is 0 Å². The number of likely N-dealkylation sites (N-methyl/N-ethyl adjacent to an activating group) is 1. The van der Waals surface area contributed by atoms with Crippen LogP contribution in [0.4, 0.5) is 0 Å². The first kappa shape index (κ1) is 22.0. The molecule has 174 valence electrons. The number of piperazine rings is 1. The number of ether oxygens (including phenoxy) is 2. The normalized spacial score (nSPS) is 15.5. The van der Waals surface area contributed by atoms with E-state index in [1.54, 1.807) is 20.4 Å². The van der Waals surface area contributed by atoms with Crippen LogP contribution in [0.3, 0.4) is 0 Å². The largest absolute Gasteiger partial charge is 0.491 e. The fourth-order valence-electron chi connectivity index (χ4n) is 4.60. The van der Waals surface area contributed by atoms with Crippen molar-refractivity contribution < 1.29 is 9.47 Å². The van der Waals surface area contributed by atoms with Crippen molar-refractivity contribution in [2.45, 2.75) is 6.54 Å². The summed E-state index contributed by atoms with van der Waals surface area (Å²) in [7, 11) is 7.44. The average Bonchev–Trinajstić information content (AvgIpc) is 3.35. The Morgan fingerprint density at radius 3 is 2.52 bits per heavy atom. The number of halogens is 1. The van der Waals surface area contributed by atoms with Gasteiger partial charge >= 0.3 is 0 Å². The van der Waals surface area contributed by atoms with Crippen molar-refractivity contribution in [2.24, 2.45) is 7.05 Å². The molecule has 1 saturated heterocycles. The molecule has 0 N–H and O–H groups in total. The van der Waals surface area contributed by atoms with Gasteiger partial charge in [-0.15, -0.1) is 0 Å². The molecule has 5 heterocycles. The van der Waals surface area contributed by atoms with E-state index in [0.29, 0.717) is 16.7 Å². The highest BCUT2D eigenvalue weighted by Gasteiger charge is 2.21. The highest BCUT2D eigenvalue weighted by atomic mass is 35.5. The van der Waals surface area contributed by atoms with Crippen LogP contribution in [0.25, 0.3) is 33.3 Å². The van der Waals surface area contributed by atoms with Gasteiger partial charge < -0.3 is 23.5 Å². The number of pyridine rings is 2. The third-order valence-electron chi connectivity index (χ3n) is 6.60. The third kappa shape index (κ3) is 3.92. The van der Waals surface area contributed by atoms with Crippen LogP contribution in [0.2, 0.25) is 5.02 Å². The van der Waals surface area contributed by atoms with Crippen LogP contribution >= 0.6 is 11.6 Å². The van der Waals surface area contributed by atoms with E-state index in [1.165, 1.54) is 0 Å². The summed E-state index contributed by atoms with van der Waals surface area (Å²) < 4.78 is 15.4. The van der Waals surface area contributed by atoms with Crippen LogP contribution in [0.5, 0.6) is 11.6 Å². The van der Waals surface area contributed by atoms with Crippen molar-refractivity contribution in [2.75, 3.05) is 54.0 Å². The molecule has 5 rings (SSSR count). The number of methoxy groups -OCH3 is 2. The van der Waals surface area contributed by atoms with Gasteiger partial charge in [-0.05, 0) is 19.2 Å². The Bertz CT molecular complexity index is 1310. The van der Waals surface area contributed by atoms with Gasteiger partial charge in [-0.1, -0.05) is 11.6 Å². The Morgan fingerprint density at radius 2 is 1.82 bits per heavy atom. The third-order valence-corrected chi connectivity index (χ3v) is 6.93. The fraction of sp³-hybridized carbons (Fsp3) is 0.417. The van der Waals surface area contributed by atoms with Gasteiger partial charge in [0.1, 0.15) is 11.2 Å². The highest BCUT2D eigenvalue weighted by molar-refractivity contribution is 6.35. The van der Waals surface area contributed by atoms with Gasteiger partial charge in [-0.2, -0.15) is 0 Å². The molecule has 0 saturated carbocycles. The minimum atomic E-state index is 0.470. The number of hydrogen-bond acceptors (Lipinski definition) is 6. The summed E-state index contributed by atoms with van der Waals surface area (Å²) in [5.74, 6) is 1.09. The van der Waals surface area contributed by atoms with Gasteiger partial charge in [-0.25, -0.2) is 9.97 Å². The van der Waals surface area contributed by atoms with Crippen molar-refractivity contribution in [3.8, 4) is 22.9 Å². The van der Waals surface area contributed by atoms with Gasteiger partial charge in [0.15, 0.2) is 5.75 Å². The minimum Gasteiger partial charge on any atom is -0.491 e. The zero-order valence-corrected chi connectivity index (χ0v) is 20.3. The second kappa shape index (κ2) is 8.85. The molecule has 0 aromatic carbocycles. The quantitative estimate of drug-likeness (QED) is 0.431. The fourth-order valence-corrected chi connectivity index (χ4v) is 4.80. The molecule has 1 aliphatic heterocycles. The zero-order chi connectivity index (χ0) is 23.1. The Hall–Kier alpha value is -2.81. The average molecular weight is 469 g/mol. The predicted octanol–water partition coefficient (Wildman–Crippen LogP) is 3.51. The summed E-state index contributed by atoms with van der Waals surface area (Å²) in [6, 6.07) is 5.92. The highest BCUT2D eigenvalue weighted by Crippen LogP contribution is 2.38. The molecule has 0 spiro atoms. The summed E-state index contributed by atoms with van der Waals surface area (Å²) in [6.07, 6.45) is 3.91. The predicted molar refractivity (Wildman–Crippen MR) is 131 cm³/mol. The Labute approximate surface area is 198 Å². The molecule has 4 aromatic heterocycles. The van der Waals surface area contributed by atoms with Gasteiger partial charge in [0.2, 0.25) is 0 Å². The maximum Gasteiger partial charge on any atom is 0.257 e. The van der Waals surface area contributed by atoms with E-state index >= 15 is 0 Å². The molecular formula is C24H29ClN6O2. The first-order valence-corrected chi connectivity index (χ1v) is 11.5. The van der Waals surface area contributed by atoms with E-state index < -0.39 is 0 Å². The molecule has 0 bridgehead atoms. The SMILES string of the molecule is COc1cc2c(nc1OC)c(-c1cc3c(Cl)ccnc3n1C)cn2CCN1CCN(C)CC1. The van der Waals surface area contributed by atoms with Crippen LogP contribution < -0.4 is 9.47 Å². The monoisotopic (exact) mass is 468 g/mol. The topological polar surface area (TPSA) is 60.6 Å². The second-order valence-electron chi connectivity index (χ2n) is 8.57. The van der Waals surface area contributed by atoms with Crippen molar-refractivity contribution in [3.05, 3.63) is 35.6 Å². The van der Waals surface area contributed by atoms with Gasteiger partial charge in [0, 0.05) is 75.7 Å². The van der Waals surface area contributed by atoms with E-state index in [9.17, 15) is 0 Å². The van der Waals surface area contributed by atoms with E-state index in [4.69, 9.17) is 26.1 Å². The van der Waals surface area contributed by atoms with E-state index in [2.05, 4.69) is 43.2 Å². The first-order chi connectivity index (χ1) is 16.0. The first-order valence-electron chi connectivity index (χ1n) is 11.1. The summed E-state index contributed by atoms with van der Waals surface area (Å²) in [4.78, 5) is 14.3. The number of fused-ring (bicyclic) bond motifs is 2. The van der Waals surface area contributed by atoms with Gasteiger partial charge in [0.05, 0.1) is 30.5 Å². The van der Waals surface area contributed by atoms with Crippen LogP contribution in [0, 0.1) is 0 Å². The lowest BCUT2D eigenvalue weighted by atomic mass is 10.2. The van der Waals surface area contributed by atoms with Gasteiger partial charge in [0.25, 0.3) is 5.88 Å². The zero-order valence-electron chi connectivity index (χ0n) is 19.5. The Balaban J connectivity index is 1.61. The van der Waals surface area contributed by atoms with Gasteiger partial charge in [-0.3, -0.25) is 4.90 Å². The Morgan fingerprint density at radius 1 is 1.03 bits per heavy atom. The molecule has 0 radical (unpaired) electrons. The molecule has 1 fully saturated rings. The summed E-state index contributed by atoms with van der Waals surface area (Å²) in [6.45, 7) is 6.23. The molecule has 4 aromatic rings. The summed E-state index contributed by atoms with van der Waals surface area (Å²) >= 11 is 6.47. The number of nitrogens with zero attached hydrogens (tertiary/aromatic N) is 6. The van der Waals surface area contributed by atoms with Crippen LogP contribution in [-0.2, 0) is 13.6 Å². The lowest BCUT2D eigenvalue weighted by molar-refractivity contribution is 0.150. The lowest BCUT2D eigenvalue weighted by Crippen LogP contribution is -2.45. The second-order valence-corrected chi connectivity index (χ2v) is 8.97. The van der Waals surface area contributed by atoms with E-state index in [1.807, 2.05) is 19.2 Å². The number of aryl methyl sites for hydroxylation is 1. The van der Waals surface area contributed by atoms with Crippen molar-refractivity contribution >= 4 is 33.7 Å². The summed E-state index contributed by atoms with van der Waals surface area (Å²) in [5.41, 5.74) is 4.75. The standard InChI is InChI=1S/C24H29ClN6O2/c1-28-7-9-30(10-8-28)11-12-31-15-17(22-20(31)14-21(32-3)24(27-22)33-4)19-13-16-18(25)5-6-26-23(16)29(19)2/h5-6,13-15H,7-12H2,1-4H3. The van der Waals surface area contributed by atoms with Crippen molar-refractivity contribution in [1.82, 2.24) is 28.9 Å². The number of aromatic nitrogens is 4. The molecule has 33 heavy (non-hydrogen) atoms. The molecule has 8 nitrogen and oxygen atoms in total. The van der Waals surface area contributed by atoms with Crippen LogP contribution in [0.15, 0.2) is 30.6 Å². The number of hydrogen-bond donors (Lipinski definition) is 0. The lowest BCUT2D eigenvalue weighted by Gasteiger charge is -2.32. The summed E-state index contributed by atoms with van der Waals surface area (Å²) in [5, 5.41) is 1.61. The molecule has 1 aliphatic rings. The van der Waals surface area contributed by atoms with Crippen LogP contribution in [-0.4, -0.2) is 82.9 Å². The van der Waals surface area contributed by atoms with E-state index in [0.717, 1.165) is 72.6 Å².